The minimum Gasteiger partial charge on any atom is -0.454 e. The van der Waals surface area contributed by atoms with Gasteiger partial charge >= 0.3 is 0 Å². The number of carbonyl (C=O) groups excluding carboxylic acids is 2. The summed E-state index contributed by atoms with van der Waals surface area (Å²) in [5.74, 6) is -0.542. The largest absolute Gasteiger partial charge is 0.454 e. The molecule has 0 aliphatic rings. The van der Waals surface area contributed by atoms with E-state index >= 15 is 0 Å². The van der Waals surface area contributed by atoms with Crippen LogP contribution >= 0.6 is 0 Å². The molecule has 0 saturated carbocycles. The van der Waals surface area contributed by atoms with Gasteiger partial charge in [-0.05, 0) is 25.1 Å². The van der Waals surface area contributed by atoms with Crippen molar-refractivity contribution in [3.8, 4) is 0 Å². The molecule has 26 heavy (non-hydrogen) atoms. The summed E-state index contributed by atoms with van der Waals surface area (Å²) in [5, 5.41) is 12.8. The van der Waals surface area contributed by atoms with Crippen LogP contribution in [0.3, 0.4) is 0 Å². The van der Waals surface area contributed by atoms with Gasteiger partial charge in [0.2, 0.25) is 5.91 Å². The lowest BCUT2D eigenvalue weighted by atomic mass is 10.0. The third-order valence-corrected chi connectivity index (χ3v) is 4.08. The van der Waals surface area contributed by atoms with Gasteiger partial charge < -0.3 is 15.1 Å². The van der Waals surface area contributed by atoms with Crippen LogP contribution in [0.2, 0.25) is 0 Å². The van der Waals surface area contributed by atoms with E-state index in [-0.39, 0.29) is 29.7 Å². The molecule has 0 spiro atoms. The molecular formula is C18H18N4O4. The Morgan fingerprint density at radius 1 is 1.19 bits per heavy atom. The van der Waals surface area contributed by atoms with E-state index in [2.05, 4.69) is 20.8 Å². The molecule has 8 nitrogen and oxygen atoms in total. The van der Waals surface area contributed by atoms with E-state index in [0.29, 0.717) is 22.2 Å². The average molecular weight is 354 g/mol. The van der Waals surface area contributed by atoms with Crippen molar-refractivity contribution in [2.45, 2.75) is 19.4 Å². The maximum Gasteiger partial charge on any atom is 0.286 e. The van der Waals surface area contributed by atoms with Crippen molar-refractivity contribution in [2.24, 2.45) is 0 Å². The molecule has 2 heterocycles. The van der Waals surface area contributed by atoms with Gasteiger partial charge in [-0.1, -0.05) is 18.2 Å². The minimum atomic E-state index is -0.579. The van der Waals surface area contributed by atoms with Gasteiger partial charge in [0.25, 0.3) is 11.5 Å². The predicted molar refractivity (Wildman–Crippen MR) is 94.7 cm³/mol. The monoisotopic (exact) mass is 354 g/mol. The highest BCUT2D eigenvalue weighted by Gasteiger charge is 2.20. The number of carbonyl (C=O) groups is 2. The van der Waals surface area contributed by atoms with Crippen LogP contribution in [0, 0.1) is 0 Å². The minimum absolute atomic E-state index is 0.140. The van der Waals surface area contributed by atoms with Gasteiger partial charge in [-0.2, -0.15) is 5.10 Å². The zero-order chi connectivity index (χ0) is 18.7. The Balaban J connectivity index is 1.74. The quantitative estimate of drug-likeness (QED) is 0.638. The molecule has 1 atom stereocenters. The van der Waals surface area contributed by atoms with Gasteiger partial charge in [0.15, 0.2) is 5.76 Å². The molecule has 0 aliphatic carbocycles. The van der Waals surface area contributed by atoms with Crippen molar-refractivity contribution in [3.63, 3.8) is 0 Å². The Morgan fingerprint density at radius 2 is 1.92 bits per heavy atom. The highest BCUT2D eigenvalue weighted by molar-refractivity contribution is 5.91. The van der Waals surface area contributed by atoms with Gasteiger partial charge in [0.1, 0.15) is 5.76 Å². The lowest BCUT2D eigenvalue weighted by Gasteiger charge is -2.12. The molecule has 1 aromatic carbocycles. The molecule has 3 aromatic rings. The fraction of sp³-hybridized carbons (Fsp3) is 0.222. The second-order valence-electron chi connectivity index (χ2n) is 5.77. The van der Waals surface area contributed by atoms with Crippen molar-refractivity contribution in [1.82, 2.24) is 20.8 Å². The van der Waals surface area contributed by atoms with Gasteiger partial charge in [0, 0.05) is 12.4 Å². The third kappa shape index (κ3) is 3.34. The Kier molecular flexibility index (Phi) is 4.83. The number of rotatable bonds is 5. The molecule has 0 saturated heterocycles. The maximum atomic E-state index is 12.5. The molecule has 8 heteroatoms. The summed E-state index contributed by atoms with van der Waals surface area (Å²) in [6.45, 7) is 1.85. The number of aromatic amines is 1. The van der Waals surface area contributed by atoms with Crippen LogP contribution in [0.4, 0.5) is 0 Å². The highest BCUT2D eigenvalue weighted by atomic mass is 16.4. The van der Waals surface area contributed by atoms with Crippen LogP contribution in [0.25, 0.3) is 10.8 Å². The molecule has 0 radical (unpaired) electrons. The van der Waals surface area contributed by atoms with Crippen molar-refractivity contribution >= 4 is 22.6 Å². The van der Waals surface area contributed by atoms with Crippen molar-refractivity contribution in [3.05, 3.63) is 64.0 Å². The van der Waals surface area contributed by atoms with E-state index in [0.717, 1.165) is 0 Å². The molecule has 134 valence electrons. The van der Waals surface area contributed by atoms with Crippen LogP contribution < -0.4 is 16.2 Å². The number of hydrogen-bond acceptors (Lipinski definition) is 5. The standard InChI is InChI=1S/C18H18N4O4/c1-10(15-12-5-3-4-6-13(12)17(24)22-21-15)16(23)20-9-11-7-8-14(26-11)18(25)19-2/h3-8,10H,9H2,1-2H3,(H,19,25)(H,20,23)(H,22,24). The Bertz CT molecular complexity index is 1020. The number of nitrogens with zero attached hydrogens (tertiary/aromatic N) is 1. The van der Waals surface area contributed by atoms with Crippen molar-refractivity contribution in [2.75, 3.05) is 7.05 Å². The summed E-state index contributed by atoms with van der Waals surface area (Å²) >= 11 is 0. The predicted octanol–water partition coefficient (Wildman–Crippen LogP) is 1.30. The maximum absolute atomic E-state index is 12.5. The highest BCUT2D eigenvalue weighted by Crippen LogP contribution is 2.21. The number of fused-ring (bicyclic) bond motifs is 1. The summed E-state index contributed by atoms with van der Waals surface area (Å²) in [4.78, 5) is 35.8. The third-order valence-electron chi connectivity index (χ3n) is 4.08. The molecule has 1 unspecified atom stereocenters. The topological polar surface area (TPSA) is 117 Å². The van der Waals surface area contributed by atoms with Gasteiger partial charge in [-0.25, -0.2) is 5.10 Å². The summed E-state index contributed by atoms with van der Waals surface area (Å²) < 4.78 is 5.37. The van der Waals surface area contributed by atoms with Crippen LogP contribution in [0.1, 0.15) is 34.9 Å². The first kappa shape index (κ1) is 17.4. The van der Waals surface area contributed by atoms with Gasteiger partial charge in [-0.3, -0.25) is 14.4 Å². The van der Waals surface area contributed by atoms with Crippen LogP contribution in [-0.4, -0.2) is 29.1 Å². The first-order valence-electron chi connectivity index (χ1n) is 8.07. The summed E-state index contributed by atoms with van der Waals surface area (Å²) in [6.07, 6.45) is 0. The molecular weight excluding hydrogens is 336 g/mol. The van der Waals surface area contributed by atoms with Crippen LogP contribution in [0.5, 0.6) is 0 Å². The normalized spacial score (nSPS) is 11.9. The van der Waals surface area contributed by atoms with Crippen LogP contribution in [0.15, 0.2) is 45.6 Å². The van der Waals surface area contributed by atoms with Crippen LogP contribution in [-0.2, 0) is 11.3 Å². The van der Waals surface area contributed by atoms with Crippen molar-refractivity contribution < 1.29 is 14.0 Å². The fourth-order valence-corrected chi connectivity index (χ4v) is 2.64. The number of nitrogens with one attached hydrogen (secondary N) is 3. The SMILES string of the molecule is CNC(=O)c1ccc(CNC(=O)C(C)c2n[nH]c(=O)c3ccccc23)o1. The molecule has 0 bridgehead atoms. The Hall–Kier alpha value is -3.42. The van der Waals surface area contributed by atoms with E-state index in [9.17, 15) is 14.4 Å². The second kappa shape index (κ2) is 7.22. The summed E-state index contributed by atoms with van der Waals surface area (Å²) in [5.41, 5.74) is 0.192. The molecule has 3 rings (SSSR count). The number of aromatic nitrogens is 2. The second-order valence-corrected chi connectivity index (χ2v) is 5.77. The van der Waals surface area contributed by atoms with Crippen molar-refractivity contribution in [1.29, 1.82) is 0 Å². The number of hydrogen-bond donors (Lipinski definition) is 3. The summed E-state index contributed by atoms with van der Waals surface area (Å²) in [7, 11) is 1.51. The molecule has 3 N–H and O–H groups in total. The summed E-state index contributed by atoms with van der Waals surface area (Å²) in [6, 6.07) is 10.2. The van der Waals surface area contributed by atoms with E-state index in [4.69, 9.17) is 4.42 Å². The first-order valence-corrected chi connectivity index (χ1v) is 8.07. The zero-order valence-electron chi connectivity index (χ0n) is 14.3. The molecule has 0 fully saturated rings. The van der Waals surface area contributed by atoms with Gasteiger partial charge in [0.05, 0.1) is 23.5 Å². The Labute approximate surface area is 148 Å². The van der Waals surface area contributed by atoms with E-state index in [1.807, 2.05) is 0 Å². The molecule has 2 aromatic heterocycles. The number of H-pyrrole nitrogens is 1. The van der Waals surface area contributed by atoms with Gasteiger partial charge in [-0.15, -0.1) is 0 Å². The first-order chi connectivity index (χ1) is 12.5. The van der Waals surface area contributed by atoms with E-state index in [1.54, 1.807) is 43.3 Å². The molecule has 0 aliphatic heterocycles. The smallest absolute Gasteiger partial charge is 0.286 e. The lowest BCUT2D eigenvalue weighted by molar-refractivity contribution is -0.122. The van der Waals surface area contributed by atoms with E-state index < -0.39 is 5.92 Å². The van der Waals surface area contributed by atoms with E-state index in [1.165, 1.54) is 7.05 Å². The lowest BCUT2D eigenvalue weighted by Crippen LogP contribution is -2.28. The molecule has 2 amide bonds. The zero-order valence-corrected chi connectivity index (χ0v) is 14.3. The Morgan fingerprint density at radius 3 is 2.65 bits per heavy atom. The number of benzene rings is 1. The fourth-order valence-electron chi connectivity index (χ4n) is 2.64. The average Bonchev–Trinajstić information content (AvgIpc) is 3.14. The number of amides is 2. The number of furan rings is 1.